The van der Waals surface area contributed by atoms with Gasteiger partial charge in [-0.2, -0.15) is 0 Å². The van der Waals surface area contributed by atoms with E-state index in [0.717, 1.165) is 22.0 Å². The Labute approximate surface area is 115 Å². The van der Waals surface area contributed by atoms with Crippen LogP contribution >= 0.6 is 11.3 Å². The van der Waals surface area contributed by atoms with Gasteiger partial charge in [0.2, 0.25) is 0 Å². The molecule has 0 aliphatic heterocycles. The molecule has 19 heavy (non-hydrogen) atoms. The number of anilines is 1. The standard InChI is InChI=1S/C14H12N4S/c1-2-4-11(5-3-1)13-9-19-14(18-13)8-17-12-6-15-10-16-7-12/h1-7,9-10,17H,8H2. The van der Waals surface area contributed by atoms with Crippen molar-refractivity contribution in [3.8, 4) is 11.3 Å². The number of nitrogens with zero attached hydrogens (tertiary/aromatic N) is 3. The highest BCUT2D eigenvalue weighted by atomic mass is 32.1. The van der Waals surface area contributed by atoms with Gasteiger partial charge in [0.25, 0.3) is 0 Å². The topological polar surface area (TPSA) is 50.7 Å². The normalized spacial score (nSPS) is 10.3. The molecule has 2 heterocycles. The van der Waals surface area contributed by atoms with Crippen LogP contribution in [0.15, 0.2) is 54.4 Å². The zero-order chi connectivity index (χ0) is 12.9. The van der Waals surface area contributed by atoms with E-state index in [4.69, 9.17) is 0 Å². The van der Waals surface area contributed by atoms with Crippen molar-refractivity contribution in [2.75, 3.05) is 5.32 Å². The SMILES string of the molecule is c1ccc(-c2csc(CNc3cncnc3)n2)cc1. The second-order valence-corrected chi connectivity index (χ2v) is 4.92. The molecule has 0 saturated heterocycles. The highest BCUT2D eigenvalue weighted by Gasteiger charge is 2.03. The third-order valence-corrected chi connectivity index (χ3v) is 3.47. The number of aromatic nitrogens is 3. The molecular formula is C14H12N4S. The van der Waals surface area contributed by atoms with Crippen LogP contribution in [0.3, 0.4) is 0 Å². The number of hydrogen-bond donors (Lipinski definition) is 1. The van der Waals surface area contributed by atoms with Gasteiger partial charge >= 0.3 is 0 Å². The average Bonchev–Trinajstić information content (AvgIpc) is 2.96. The third-order valence-electron chi connectivity index (χ3n) is 2.63. The molecule has 0 atom stereocenters. The molecule has 2 aromatic heterocycles. The molecule has 0 aliphatic carbocycles. The second kappa shape index (κ2) is 5.58. The zero-order valence-electron chi connectivity index (χ0n) is 10.2. The van der Waals surface area contributed by atoms with Crippen molar-refractivity contribution in [1.82, 2.24) is 15.0 Å². The maximum absolute atomic E-state index is 4.61. The summed E-state index contributed by atoms with van der Waals surface area (Å²) in [6.45, 7) is 0.685. The van der Waals surface area contributed by atoms with Gasteiger partial charge in [-0.3, -0.25) is 0 Å². The molecule has 5 heteroatoms. The summed E-state index contributed by atoms with van der Waals surface area (Å²) in [5.74, 6) is 0. The highest BCUT2D eigenvalue weighted by molar-refractivity contribution is 7.09. The molecule has 0 spiro atoms. The molecule has 4 nitrogen and oxygen atoms in total. The van der Waals surface area contributed by atoms with Gasteiger partial charge in [-0.15, -0.1) is 11.3 Å². The minimum atomic E-state index is 0.685. The van der Waals surface area contributed by atoms with Crippen molar-refractivity contribution in [3.05, 3.63) is 59.4 Å². The molecule has 0 bridgehead atoms. The third kappa shape index (κ3) is 2.95. The minimum Gasteiger partial charge on any atom is -0.376 e. The first-order chi connectivity index (χ1) is 9.42. The quantitative estimate of drug-likeness (QED) is 0.789. The van der Waals surface area contributed by atoms with Crippen LogP contribution in [-0.2, 0) is 6.54 Å². The summed E-state index contributed by atoms with van der Waals surface area (Å²) in [4.78, 5) is 12.5. The maximum Gasteiger partial charge on any atom is 0.115 e. The molecule has 94 valence electrons. The Morgan fingerprint density at radius 3 is 2.63 bits per heavy atom. The van der Waals surface area contributed by atoms with Crippen molar-refractivity contribution in [2.24, 2.45) is 0 Å². The van der Waals surface area contributed by atoms with Crippen molar-refractivity contribution in [2.45, 2.75) is 6.54 Å². The zero-order valence-corrected chi connectivity index (χ0v) is 11.0. The lowest BCUT2D eigenvalue weighted by atomic mass is 10.2. The molecule has 1 N–H and O–H groups in total. The fraction of sp³-hybridized carbons (Fsp3) is 0.0714. The van der Waals surface area contributed by atoms with E-state index in [1.54, 1.807) is 23.7 Å². The van der Waals surface area contributed by atoms with Crippen molar-refractivity contribution in [3.63, 3.8) is 0 Å². The van der Waals surface area contributed by atoms with Gasteiger partial charge in [0.15, 0.2) is 0 Å². The van der Waals surface area contributed by atoms with E-state index < -0.39 is 0 Å². The number of nitrogens with one attached hydrogen (secondary N) is 1. The Hall–Kier alpha value is -2.27. The molecule has 0 amide bonds. The Kier molecular flexibility index (Phi) is 3.47. The highest BCUT2D eigenvalue weighted by Crippen LogP contribution is 2.21. The second-order valence-electron chi connectivity index (χ2n) is 3.97. The molecule has 0 fully saturated rings. The number of benzene rings is 1. The van der Waals surface area contributed by atoms with Gasteiger partial charge in [0.1, 0.15) is 11.3 Å². The van der Waals surface area contributed by atoms with Crippen LogP contribution in [0, 0.1) is 0 Å². The van der Waals surface area contributed by atoms with E-state index in [2.05, 4.69) is 37.8 Å². The largest absolute Gasteiger partial charge is 0.376 e. The van der Waals surface area contributed by atoms with Crippen molar-refractivity contribution < 1.29 is 0 Å². The van der Waals surface area contributed by atoms with E-state index in [0.29, 0.717) is 6.54 Å². The van der Waals surface area contributed by atoms with Crippen LogP contribution in [-0.4, -0.2) is 15.0 Å². The van der Waals surface area contributed by atoms with E-state index in [1.807, 2.05) is 18.2 Å². The van der Waals surface area contributed by atoms with Gasteiger partial charge < -0.3 is 5.32 Å². The molecule has 0 radical (unpaired) electrons. The summed E-state index contributed by atoms with van der Waals surface area (Å²) >= 11 is 1.65. The Morgan fingerprint density at radius 1 is 1.05 bits per heavy atom. The first-order valence-corrected chi connectivity index (χ1v) is 6.78. The summed E-state index contributed by atoms with van der Waals surface area (Å²) < 4.78 is 0. The van der Waals surface area contributed by atoms with Crippen LogP contribution in [0.5, 0.6) is 0 Å². The summed E-state index contributed by atoms with van der Waals surface area (Å²) in [5.41, 5.74) is 3.07. The van der Waals surface area contributed by atoms with Crippen LogP contribution in [0.1, 0.15) is 5.01 Å². The average molecular weight is 268 g/mol. The van der Waals surface area contributed by atoms with Crippen LogP contribution in [0.25, 0.3) is 11.3 Å². The number of rotatable bonds is 4. The monoisotopic (exact) mass is 268 g/mol. The van der Waals surface area contributed by atoms with Gasteiger partial charge in [-0.25, -0.2) is 15.0 Å². The number of hydrogen-bond acceptors (Lipinski definition) is 5. The molecule has 1 aromatic carbocycles. The summed E-state index contributed by atoms with van der Waals surface area (Å²) in [5, 5.41) is 6.37. The first kappa shape index (κ1) is 11.8. The van der Waals surface area contributed by atoms with Crippen LogP contribution in [0.4, 0.5) is 5.69 Å². The van der Waals surface area contributed by atoms with Gasteiger partial charge in [0, 0.05) is 10.9 Å². The maximum atomic E-state index is 4.61. The molecule has 3 rings (SSSR count). The summed E-state index contributed by atoms with van der Waals surface area (Å²) in [7, 11) is 0. The lowest BCUT2D eigenvalue weighted by molar-refractivity contribution is 1.08. The lowest BCUT2D eigenvalue weighted by Gasteiger charge is -2.01. The predicted octanol–water partition coefficient (Wildman–Crippen LogP) is 3.21. The van der Waals surface area contributed by atoms with E-state index >= 15 is 0 Å². The molecule has 3 aromatic rings. The Morgan fingerprint density at radius 2 is 1.84 bits per heavy atom. The van der Waals surface area contributed by atoms with Gasteiger partial charge in [-0.05, 0) is 0 Å². The van der Waals surface area contributed by atoms with Crippen LogP contribution < -0.4 is 5.32 Å². The van der Waals surface area contributed by atoms with Crippen LogP contribution in [0.2, 0.25) is 0 Å². The summed E-state index contributed by atoms with van der Waals surface area (Å²) in [6.07, 6.45) is 5.01. The van der Waals surface area contributed by atoms with Gasteiger partial charge in [-0.1, -0.05) is 30.3 Å². The fourth-order valence-corrected chi connectivity index (χ4v) is 2.44. The predicted molar refractivity (Wildman–Crippen MR) is 76.9 cm³/mol. The Balaban J connectivity index is 1.69. The van der Waals surface area contributed by atoms with Crippen molar-refractivity contribution in [1.29, 1.82) is 0 Å². The summed E-state index contributed by atoms with van der Waals surface area (Å²) in [6, 6.07) is 10.2. The smallest absolute Gasteiger partial charge is 0.115 e. The molecule has 0 aliphatic rings. The molecular weight excluding hydrogens is 256 g/mol. The molecule has 0 unspecified atom stereocenters. The minimum absolute atomic E-state index is 0.685. The van der Waals surface area contributed by atoms with E-state index in [1.165, 1.54) is 6.33 Å². The Bertz CT molecular complexity index is 637. The lowest BCUT2D eigenvalue weighted by Crippen LogP contribution is -1.99. The van der Waals surface area contributed by atoms with E-state index in [-0.39, 0.29) is 0 Å². The first-order valence-electron chi connectivity index (χ1n) is 5.90. The van der Waals surface area contributed by atoms with Gasteiger partial charge in [0.05, 0.1) is 30.3 Å². The van der Waals surface area contributed by atoms with Crippen molar-refractivity contribution >= 4 is 17.0 Å². The fourth-order valence-electron chi connectivity index (χ4n) is 1.70. The number of thiazole rings is 1. The van der Waals surface area contributed by atoms with E-state index in [9.17, 15) is 0 Å². The molecule has 0 saturated carbocycles.